The molecule has 24 heavy (non-hydrogen) atoms. The number of hydrogen-bond acceptors (Lipinski definition) is 4. The van der Waals surface area contributed by atoms with E-state index in [2.05, 4.69) is 34.0 Å². The lowest BCUT2D eigenvalue weighted by atomic mass is 10.1. The molecule has 1 aromatic heterocycles. The van der Waals surface area contributed by atoms with Crippen molar-refractivity contribution < 1.29 is 9.53 Å². The monoisotopic (exact) mass is 466 g/mol. The number of carbonyl (C=O) groups excluding carboxylic acids is 1. The van der Waals surface area contributed by atoms with Gasteiger partial charge in [0.2, 0.25) is 5.91 Å². The van der Waals surface area contributed by atoms with Crippen LogP contribution in [0, 0.1) is 6.92 Å². The smallest absolute Gasteiger partial charge is 0.243 e. The molecule has 0 saturated carbocycles. The maximum absolute atomic E-state index is 11.8. The third-order valence-electron chi connectivity index (χ3n) is 3.82. The molecule has 8 heteroatoms. The van der Waals surface area contributed by atoms with E-state index in [1.807, 2.05) is 0 Å². The second kappa shape index (κ2) is 10.9. The normalized spacial score (nSPS) is 15.5. The van der Waals surface area contributed by atoms with E-state index in [9.17, 15) is 4.79 Å². The van der Waals surface area contributed by atoms with Crippen LogP contribution in [0.4, 0.5) is 0 Å². The lowest BCUT2D eigenvalue weighted by molar-refractivity contribution is -0.127. The molecular formula is C16H27IN4O2S. The number of nitrogens with one attached hydrogen (secondary N) is 2. The van der Waals surface area contributed by atoms with Crippen molar-refractivity contribution in [2.75, 3.05) is 33.9 Å². The van der Waals surface area contributed by atoms with Crippen molar-refractivity contribution in [3.05, 3.63) is 21.9 Å². The van der Waals surface area contributed by atoms with Gasteiger partial charge in [0.05, 0.1) is 6.54 Å². The van der Waals surface area contributed by atoms with Gasteiger partial charge in [-0.25, -0.2) is 4.99 Å². The fraction of sp³-hybridized carbons (Fsp3) is 0.625. The number of aryl methyl sites for hydroxylation is 1. The molecule has 2 rings (SSSR count). The Kier molecular flexibility index (Phi) is 9.60. The summed E-state index contributed by atoms with van der Waals surface area (Å²) in [6.07, 6.45) is 1.92. The van der Waals surface area contributed by atoms with Gasteiger partial charge in [-0.05, 0) is 36.8 Å². The molecular weight excluding hydrogens is 439 g/mol. The number of thiophene rings is 1. The van der Waals surface area contributed by atoms with Crippen molar-refractivity contribution in [2.24, 2.45) is 4.99 Å². The molecule has 136 valence electrons. The average Bonchev–Trinajstić information content (AvgIpc) is 2.95. The lowest BCUT2D eigenvalue weighted by Gasteiger charge is -2.25. The number of aliphatic imine (C=N–C) groups is 1. The molecule has 1 amide bonds. The van der Waals surface area contributed by atoms with E-state index in [-0.39, 0.29) is 36.4 Å². The molecule has 1 saturated heterocycles. The van der Waals surface area contributed by atoms with Crippen molar-refractivity contribution in [3.63, 3.8) is 0 Å². The van der Waals surface area contributed by atoms with Crippen molar-refractivity contribution in [3.8, 4) is 0 Å². The predicted molar refractivity (Wildman–Crippen MR) is 109 cm³/mol. The van der Waals surface area contributed by atoms with Crippen LogP contribution in [0.25, 0.3) is 0 Å². The molecule has 0 unspecified atom stereocenters. The fourth-order valence-electron chi connectivity index (χ4n) is 2.23. The minimum absolute atomic E-state index is 0. The first-order valence-electron chi connectivity index (χ1n) is 7.92. The molecule has 0 aliphatic carbocycles. The molecule has 0 aromatic carbocycles. The van der Waals surface area contributed by atoms with Gasteiger partial charge in [-0.15, -0.1) is 35.3 Å². The van der Waals surface area contributed by atoms with Gasteiger partial charge in [0.1, 0.15) is 6.54 Å². The number of guanidine groups is 1. The number of nitrogens with zero attached hydrogens (tertiary/aromatic N) is 2. The SMILES string of the molecule is Cc1ccsc1CNC(=NCC(=O)N(C)C)NC1CCOCC1.I. The van der Waals surface area contributed by atoms with Crippen LogP contribution >= 0.6 is 35.3 Å². The Balaban J connectivity index is 0.00000288. The highest BCUT2D eigenvalue weighted by atomic mass is 127. The topological polar surface area (TPSA) is 66.0 Å². The van der Waals surface area contributed by atoms with Crippen LogP contribution < -0.4 is 10.6 Å². The highest BCUT2D eigenvalue weighted by Crippen LogP contribution is 2.14. The van der Waals surface area contributed by atoms with Crippen LogP contribution in [-0.4, -0.2) is 56.7 Å². The van der Waals surface area contributed by atoms with Crippen LogP contribution in [0.1, 0.15) is 23.3 Å². The summed E-state index contributed by atoms with van der Waals surface area (Å²) in [4.78, 5) is 19.0. The molecule has 2 N–H and O–H groups in total. The summed E-state index contributed by atoms with van der Waals surface area (Å²) in [7, 11) is 3.48. The van der Waals surface area contributed by atoms with Crippen LogP contribution in [0.3, 0.4) is 0 Å². The molecule has 1 aromatic rings. The van der Waals surface area contributed by atoms with Crippen molar-refractivity contribution >= 4 is 47.2 Å². The van der Waals surface area contributed by atoms with Gasteiger partial charge in [-0.2, -0.15) is 0 Å². The molecule has 0 atom stereocenters. The van der Waals surface area contributed by atoms with Gasteiger partial charge < -0.3 is 20.3 Å². The third-order valence-corrected chi connectivity index (χ3v) is 4.84. The number of likely N-dealkylation sites (N-methyl/N-ethyl adjacent to an activating group) is 1. The summed E-state index contributed by atoms with van der Waals surface area (Å²) in [5.74, 6) is 0.685. The number of ether oxygens (including phenoxy) is 1. The Bertz CT molecular complexity index is 542. The second-order valence-electron chi connectivity index (χ2n) is 5.86. The van der Waals surface area contributed by atoms with E-state index in [4.69, 9.17) is 4.74 Å². The van der Waals surface area contributed by atoms with Crippen molar-refractivity contribution in [1.29, 1.82) is 0 Å². The third kappa shape index (κ3) is 6.94. The molecule has 6 nitrogen and oxygen atoms in total. The largest absolute Gasteiger partial charge is 0.381 e. The van der Waals surface area contributed by atoms with Crippen LogP contribution in [0.2, 0.25) is 0 Å². The quantitative estimate of drug-likeness (QED) is 0.396. The Morgan fingerprint density at radius 2 is 2.12 bits per heavy atom. The van der Waals surface area contributed by atoms with Crippen LogP contribution in [-0.2, 0) is 16.1 Å². The summed E-state index contributed by atoms with van der Waals surface area (Å²) in [5.41, 5.74) is 1.28. The van der Waals surface area contributed by atoms with Crippen molar-refractivity contribution in [1.82, 2.24) is 15.5 Å². The van der Waals surface area contributed by atoms with Gasteiger partial charge in [-0.1, -0.05) is 0 Å². The summed E-state index contributed by atoms with van der Waals surface area (Å²) in [6.45, 7) is 4.51. The first-order chi connectivity index (χ1) is 11.1. The van der Waals surface area contributed by atoms with Crippen molar-refractivity contribution in [2.45, 2.75) is 32.4 Å². The zero-order valence-electron chi connectivity index (χ0n) is 14.5. The number of halogens is 1. The molecule has 0 bridgehead atoms. The minimum atomic E-state index is -0.00891. The van der Waals surface area contributed by atoms with E-state index in [0.717, 1.165) is 26.1 Å². The maximum Gasteiger partial charge on any atom is 0.243 e. The van der Waals surface area contributed by atoms with Crippen LogP contribution in [0.5, 0.6) is 0 Å². The predicted octanol–water partition coefficient (Wildman–Crippen LogP) is 1.98. The summed E-state index contributed by atoms with van der Waals surface area (Å²) < 4.78 is 5.39. The first kappa shape index (κ1) is 21.2. The van der Waals surface area contributed by atoms with Gasteiger partial charge in [0, 0.05) is 38.2 Å². The Morgan fingerprint density at radius 3 is 2.71 bits per heavy atom. The van der Waals surface area contributed by atoms with E-state index >= 15 is 0 Å². The molecule has 1 aliphatic heterocycles. The number of amides is 1. The highest BCUT2D eigenvalue weighted by molar-refractivity contribution is 14.0. The van der Waals surface area contributed by atoms with Gasteiger partial charge in [0.15, 0.2) is 5.96 Å². The Morgan fingerprint density at radius 1 is 1.42 bits per heavy atom. The fourth-order valence-corrected chi connectivity index (χ4v) is 3.07. The zero-order chi connectivity index (χ0) is 16.7. The zero-order valence-corrected chi connectivity index (χ0v) is 17.6. The molecule has 0 spiro atoms. The van der Waals surface area contributed by atoms with E-state index < -0.39 is 0 Å². The number of hydrogen-bond donors (Lipinski definition) is 2. The van der Waals surface area contributed by atoms with E-state index in [1.165, 1.54) is 10.4 Å². The number of rotatable bonds is 5. The Labute approximate surface area is 165 Å². The summed E-state index contributed by atoms with van der Waals surface area (Å²) in [6, 6.07) is 2.45. The van der Waals surface area contributed by atoms with E-state index in [0.29, 0.717) is 18.5 Å². The second-order valence-corrected chi connectivity index (χ2v) is 6.86. The summed E-state index contributed by atoms with van der Waals surface area (Å²) >= 11 is 1.73. The highest BCUT2D eigenvalue weighted by Gasteiger charge is 2.15. The summed E-state index contributed by atoms with van der Waals surface area (Å²) in [5, 5.41) is 8.86. The average molecular weight is 466 g/mol. The first-order valence-corrected chi connectivity index (χ1v) is 8.80. The van der Waals surface area contributed by atoms with Gasteiger partial charge >= 0.3 is 0 Å². The molecule has 1 fully saturated rings. The molecule has 0 radical (unpaired) electrons. The molecule has 1 aliphatic rings. The molecule has 2 heterocycles. The maximum atomic E-state index is 11.8. The van der Waals surface area contributed by atoms with Gasteiger partial charge in [-0.3, -0.25) is 4.79 Å². The standard InChI is InChI=1S/C16H26N4O2S.HI/c1-12-6-9-23-14(12)10-17-16(18-11-15(21)20(2)3)19-13-4-7-22-8-5-13;/h6,9,13H,4-5,7-8,10-11H2,1-3H3,(H2,17,18,19);1H. The van der Waals surface area contributed by atoms with Gasteiger partial charge in [0.25, 0.3) is 0 Å². The number of carbonyl (C=O) groups is 1. The van der Waals surface area contributed by atoms with Crippen LogP contribution in [0.15, 0.2) is 16.4 Å². The van der Waals surface area contributed by atoms with E-state index in [1.54, 1.807) is 30.3 Å². The Hall–Kier alpha value is -0.870. The minimum Gasteiger partial charge on any atom is -0.381 e. The lowest BCUT2D eigenvalue weighted by Crippen LogP contribution is -2.45.